The standard InChI is InChI=1S/C17H18BrNO/c1-3-13-6-10-16(11-7-13)19(2)17(20)15-8-4-14(12-18)5-9-15/h4-11H,3,12H2,1-2H3. The monoisotopic (exact) mass is 331 g/mol. The van der Waals surface area contributed by atoms with Gasteiger partial charge in [0, 0.05) is 23.6 Å². The molecule has 0 heterocycles. The summed E-state index contributed by atoms with van der Waals surface area (Å²) in [7, 11) is 1.81. The molecule has 1 amide bonds. The molecule has 0 saturated heterocycles. The van der Waals surface area contributed by atoms with Gasteiger partial charge in [0.2, 0.25) is 0 Å². The lowest BCUT2D eigenvalue weighted by molar-refractivity contribution is 0.0993. The quantitative estimate of drug-likeness (QED) is 0.759. The van der Waals surface area contributed by atoms with Crippen LogP contribution in [0.5, 0.6) is 0 Å². The minimum atomic E-state index is 0.00960. The summed E-state index contributed by atoms with van der Waals surface area (Å²) in [4.78, 5) is 14.1. The fraction of sp³-hybridized carbons (Fsp3) is 0.235. The smallest absolute Gasteiger partial charge is 0.258 e. The first-order valence-electron chi connectivity index (χ1n) is 6.67. The van der Waals surface area contributed by atoms with Crippen LogP contribution in [0.2, 0.25) is 0 Å². The van der Waals surface area contributed by atoms with Crippen LogP contribution in [0.25, 0.3) is 0 Å². The van der Waals surface area contributed by atoms with Crippen LogP contribution in [-0.2, 0) is 11.8 Å². The van der Waals surface area contributed by atoms with Gasteiger partial charge >= 0.3 is 0 Å². The highest BCUT2D eigenvalue weighted by Gasteiger charge is 2.13. The molecule has 0 spiro atoms. The number of carbonyl (C=O) groups excluding carboxylic acids is 1. The van der Waals surface area contributed by atoms with Gasteiger partial charge in [-0.05, 0) is 41.8 Å². The molecule has 0 aliphatic carbocycles. The Labute approximate surface area is 128 Å². The topological polar surface area (TPSA) is 20.3 Å². The minimum Gasteiger partial charge on any atom is -0.311 e. The highest BCUT2D eigenvalue weighted by molar-refractivity contribution is 9.08. The Kier molecular flexibility index (Phi) is 4.96. The van der Waals surface area contributed by atoms with Crippen LogP contribution in [0.15, 0.2) is 48.5 Å². The number of hydrogen-bond acceptors (Lipinski definition) is 1. The number of alkyl halides is 1. The Morgan fingerprint density at radius 2 is 1.55 bits per heavy atom. The fourth-order valence-corrected chi connectivity index (χ4v) is 2.38. The van der Waals surface area contributed by atoms with Crippen molar-refractivity contribution in [1.82, 2.24) is 0 Å². The first kappa shape index (κ1) is 14.8. The summed E-state index contributed by atoms with van der Waals surface area (Å²) in [6.07, 6.45) is 1.01. The van der Waals surface area contributed by atoms with Gasteiger partial charge in [0.1, 0.15) is 0 Å². The van der Waals surface area contributed by atoms with Crippen LogP contribution in [0.3, 0.4) is 0 Å². The van der Waals surface area contributed by atoms with Crippen molar-refractivity contribution in [2.75, 3.05) is 11.9 Å². The molecule has 0 radical (unpaired) electrons. The van der Waals surface area contributed by atoms with E-state index in [4.69, 9.17) is 0 Å². The third-order valence-corrected chi connectivity index (χ3v) is 4.04. The van der Waals surface area contributed by atoms with Crippen molar-refractivity contribution in [2.24, 2.45) is 0 Å². The summed E-state index contributed by atoms with van der Waals surface area (Å²) in [6.45, 7) is 2.12. The predicted molar refractivity (Wildman–Crippen MR) is 87.6 cm³/mol. The third-order valence-electron chi connectivity index (χ3n) is 3.39. The fourth-order valence-electron chi connectivity index (χ4n) is 2.00. The van der Waals surface area contributed by atoms with Crippen LogP contribution in [0.4, 0.5) is 5.69 Å². The molecule has 0 aliphatic rings. The average molecular weight is 332 g/mol. The molecule has 0 aromatic heterocycles. The number of aryl methyl sites for hydroxylation is 1. The lowest BCUT2D eigenvalue weighted by Gasteiger charge is -2.18. The molecule has 0 aliphatic heterocycles. The Morgan fingerprint density at radius 1 is 1.00 bits per heavy atom. The maximum absolute atomic E-state index is 12.4. The maximum Gasteiger partial charge on any atom is 0.258 e. The van der Waals surface area contributed by atoms with E-state index in [2.05, 4.69) is 35.0 Å². The lowest BCUT2D eigenvalue weighted by atomic mass is 10.1. The normalized spacial score (nSPS) is 10.3. The van der Waals surface area contributed by atoms with Crippen molar-refractivity contribution < 1.29 is 4.79 Å². The summed E-state index contributed by atoms with van der Waals surface area (Å²) < 4.78 is 0. The van der Waals surface area contributed by atoms with Crippen molar-refractivity contribution in [3.05, 3.63) is 65.2 Å². The van der Waals surface area contributed by atoms with Crippen molar-refractivity contribution in [3.8, 4) is 0 Å². The summed E-state index contributed by atoms with van der Waals surface area (Å²) >= 11 is 3.40. The number of amides is 1. The van der Waals surface area contributed by atoms with Gasteiger partial charge in [0.05, 0.1) is 0 Å². The molecule has 3 heteroatoms. The molecule has 2 nitrogen and oxygen atoms in total. The van der Waals surface area contributed by atoms with Crippen LogP contribution in [0.1, 0.15) is 28.4 Å². The number of benzene rings is 2. The van der Waals surface area contributed by atoms with E-state index < -0.39 is 0 Å². The van der Waals surface area contributed by atoms with Gasteiger partial charge in [-0.1, -0.05) is 47.1 Å². The summed E-state index contributed by atoms with van der Waals surface area (Å²) in [5.41, 5.74) is 4.06. The number of rotatable bonds is 4. The molecule has 0 saturated carbocycles. The maximum atomic E-state index is 12.4. The van der Waals surface area contributed by atoms with Gasteiger partial charge in [-0.25, -0.2) is 0 Å². The van der Waals surface area contributed by atoms with Gasteiger partial charge < -0.3 is 4.90 Å². The van der Waals surface area contributed by atoms with Gasteiger partial charge in [0.25, 0.3) is 5.91 Å². The Morgan fingerprint density at radius 3 is 2.05 bits per heavy atom. The van der Waals surface area contributed by atoms with Crippen LogP contribution in [0, 0.1) is 0 Å². The summed E-state index contributed by atoms with van der Waals surface area (Å²) in [5.74, 6) is 0.00960. The van der Waals surface area contributed by atoms with Gasteiger partial charge in [-0.15, -0.1) is 0 Å². The largest absolute Gasteiger partial charge is 0.311 e. The molecular formula is C17H18BrNO. The van der Waals surface area contributed by atoms with E-state index in [1.165, 1.54) is 5.56 Å². The lowest BCUT2D eigenvalue weighted by Crippen LogP contribution is -2.26. The molecule has 0 bridgehead atoms. The minimum absolute atomic E-state index is 0.00960. The van der Waals surface area contributed by atoms with Gasteiger partial charge in [0.15, 0.2) is 0 Å². The second-order valence-electron chi connectivity index (χ2n) is 4.71. The number of nitrogens with zero attached hydrogens (tertiary/aromatic N) is 1. The molecular weight excluding hydrogens is 314 g/mol. The molecule has 0 fully saturated rings. The van der Waals surface area contributed by atoms with E-state index in [-0.39, 0.29) is 5.91 Å². The Balaban J connectivity index is 2.17. The molecule has 2 aromatic rings. The van der Waals surface area contributed by atoms with Crippen molar-refractivity contribution >= 4 is 27.5 Å². The van der Waals surface area contributed by atoms with Crippen LogP contribution >= 0.6 is 15.9 Å². The summed E-state index contributed by atoms with van der Waals surface area (Å²) in [6, 6.07) is 15.8. The third kappa shape index (κ3) is 3.28. The van der Waals surface area contributed by atoms with Crippen molar-refractivity contribution in [2.45, 2.75) is 18.7 Å². The number of halogens is 1. The number of anilines is 1. The number of hydrogen-bond donors (Lipinski definition) is 0. The van der Waals surface area contributed by atoms with E-state index >= 15 is 0 Å². The predicted octanol–water partition coefficient (Wildman–Crippen LogP) is 4.42. The van der Waals surface area contributed by atoms with Crippen LogP contribution < -0.4 is 4.90 Å². The molecule has 2 aromatic carbocycles. The van der Waals surface area contributed by atoms with Gasteiger partial charge in [-0.3, -0.25) is 4.79 Å². The van der Waals surface area contributed by atoms with Crippen molar-refractivity contribution in [1.29, 1.82) is 0 Å². The zero-order valence-electron chi connectivity index (χ0n) is 11.8. The second-order valence-corrected chi connectivity index (χ2v) is 5.28. The van der Waals surface area contributed by atoms with E-state index in [9.17, 15) is 4.79 Å². The van der Waals surface area contributed by atoms with Crippen LogP contribution in [-0.4, -0.2) is 13.0 Å². The highest BCUT2D eigenvalue weighted by atomic mass is 79.9. The summed E-state index contributed by atoms with van der Waals surface area (Å²) in [5, 5.41) is 0.801. The molecule has 0 N–H and O–H groups in total. The number of carbonyl (C=O) groups is 1. The van der Waals surface area contributed by atoms with E-state index in [0.29, 0.717) is 5.56 Å². The highest BCUT2D eigenvalue weighted by Crippen LogP contribution is 2.17. The molecule has 20 heavy (non-hydrogen) atoms. The van der Waals surface area contributed by atoms with Crippen molar-refractivity contribution in [3.63, 3.8) is 0 Å². The van der Waals surface area contributed by atoms with Gasteiger partial charge in [-0.2, -0.15) is 0 Å². The first-order chi connectivity index (χ1) is 9.65. The molecule has 0 unspecified atom stereocenters. The Hall–Kier alpha value is -1.61. The Bertz CT molecular complexity index is 575. The SMILES string of the molecule is CCc1ccc(N(C)C(=O)c2ccc(CBr)cc2)cc1. The first-order valence-corrected chi connectivity index (χ1v) is 7.79. The zero-order chi connectivity index (χ0) is 14.5. The van der Waals surface area contributed by atoms with E-state index in [1.54, 1.807) is 4.90 Å². The van der Waals surface area contributed by atoms with E-state index in [0.717, 1.165) is 23.0 Å². The average Bonchev–Trinajstić information content (AvgIpc) is 2.53. The molecule has 2 rings (SSSR count). The second kappa shape index (κ2) is 6.71. The molecule has 0 atom stereocenters. The molecule has 104 valence electrons. The zero-order valence-corrected chi connectivity index (χ0v) is 13.4. The van der Waals surface area contributed by atoms with E-state index in [1.807, 2.05) is 43.4 Å².